The molecule has 0 unspecified atom stereocenters. The van der Waals surface area contributed by atoms with Crippen LogP contribution in [0.2, 0.25) is 5.02 Å². The molecule has 0 saturated carbocycles. The zero-order valence-electron chi connectivity index (χ0n) is 12.1. The molecule has 0 radical (unpaired) electrons. The number of nitrogens with zero attached hydrogens (tertiary/aromatic N) is 2. The van der Waals surface area contributed by atoms with E-state index in [1.807, 2.05) is 40.9 Å². The van der Waals surface area contributed by atoms with Crippen molar-refractivity contribution in [3.05, 3.63) is 41.0 Å². The Bertz CT molecular complexity index is 653. The van der Waals surface area contributed by atoms with E-state index in [4.69, 9.17) is 16.1 Å². The molecular weight excluding hydrogens is 320 g/mol. The van der Waals surface area contributed by atoms with Gasteiger partial charge in [0.1, 0.15) is 0 Å². The van der Waals surface area contributed by atoms with Crippen molar-refractivity contribution in [3.63, 3.8) is 0 Å². The van der Waals surface area contributed by atoms with Crippen molar-refractivity contribution in [1.29, 1.82) is 0 Å². The first kappa shape index (κ1) is 15.4. The molecule has 1 saturated heterocycles. The number of aryl methyl sites for hydroxylation is 1. The highest BCUT2D eigenvalue weighted by Gasteiger charge is 2.18. The van der Waals surface area contributed by atoms with E-state index < -0.39 is 0 Å². The average Bonchev–Trinajstić information content (AvgIpc) is 3.02. The summed E-state index contributed by atoms with van der Waals surface area (Å²) in [5.41, 5.74) is 1.84. The van der Waals surface area contributed by atoms with Crippen LogP contribution in [0.5, 0.6) is 0 Å². The number of benzene rings is 1. The van der Waals surface area contributed by atoms with Gasteiger partial charge < -0.3 is 9.42 Å². The van der Waals surface area contributed by atoms with Gasteiger partial charge in [-0.15, -0.1) is 0 Å². The molecule has 0 N–H and O–H groups in total. The Morgan fingerprint density at radius 2 is 2.18 bits per heavy atom. The highest BCUT2D eigenvalue weighted by molar-refractivity contribution is 7.99. The minimum Gasteiger partial charge on any atom is -0.356 e. The number of halogens is 1. The maximum atomic E-state index is 12.2. The molecule has 0 aliphatic carbocycles. The molecule has 3 rings (SSSR count). The van der Waals surface area contributed by atoms with Crippen molar-refractivity contribution < 1.29 is 9.32 Å². The van der Waals surface area contributed by atoms with Crippen LogP contribution in [0.4, 0.5) is 0 Å². The lowest BCUT2D eigenvalue weighted by molar-refractivity contribution is -0.130. The van der Waals surface area contributed by atoms with Crippen molar-refractivity contribution in [2.24, 2.45) is 0 Å². The zero-order valence-corrected chi connectivity index (χ0v) is 13.7. The Hall–Kier alpha value is -1.46. The molecule has 116 valence electrons. The van der Waals surface area contributed by atoms with Crippen molar-refractivity contribution in [2.75, 3.05) is 24.6 Å². The summed E-state index contributed by atoms with van der Waals surface area (Å²) in [7, 11) is 0. The molecule has 6 heteroatoms. The van der Waals surface area contributed by atoms with Crippen LogP contribution in [0.25, 0.3) is 11.3 Å². The molecule has 0 spiro atoms. The predicted octanol–water partition coefficient (Wildman–Crippen LogP) is 3.50. The Balaban J connectivity index is 1.66. The Kier molecular flexibility index (Phi) is 5.05. The molecule has 0 atom stereocenters. The summed E-state index contributed by atoms with van der Waals surface area (Å²) in [6.45, 7) is 1.71. The summed E-state index contributed by atoms with van der Waals surface area (Å²) in [6.07, 6.45) is 2.81. The summed E-state index contributed by atoms with van der Waals surface area (Å²) in [4.78, 5) is 14.2. The smallest absolute Gasteiger partial charge is 0.222 e. The van der Waals surface area contributed by atoms with Gasteiger partial charge in [0.2, 0.25) is 5.91 Å². The normalized spacial score (nSPS) is 15.0. The number of rotatable bonds is 4. The largest absolute Gasteiger partial charge is 0.356 e. The standard InChI is InChI=1S/C16H17ClN2O2S/c17-14-3-1-2-12(10-14)16-13(11-18-21-16)4-5-15(20)19-6-8-22-9-7-19/h1-3,10-11H,4-9H2. The third-order valence-electron chi connectivity index (χ3n) is 3.70. The third-order valence-corrected chi connectivity index (χ3v) is 4.88. The fourth-order valence-corrected chi connectivity index (χ4v) is 3.61. The average molecular weight is 337 g/mol. The van der Waals surface area contributed by atoms with Crippen LogP contribution in [-0.4, -0.2) is 40.6 Å². The Labute approximate surface area is 138 Å². The Morgan fingerprint density at radius 3 is 2.95 bits per heavy atom. The number of amides is 1. The van der Waals surface area contributed by atoms with Crippen LogP contribution in [-0.2, 0) is 11.2 Å². The van der Waals surface area contributed by atoms with E-state index in [9.17, 15) is 4.79 Å². The molecule has 4 nitrogen and oxygen atoms in total. The maximum Gasteiger partial charge on any atom is 0.222 e. The van der Waals surface area contributed by atoms with E-state index in [0.29, 0.717) is 23.6 Å². The number of hydrogen-bond acceptors (Lipinski definition) is 4. The van der Waals surface area contributed by atoms with Gasteiger partial charge in [0.15, 0.2) is 5.76 Å². The second-order valence-electron chi connectivity index (χ2n) is 5.18. The quantitative estimate of drug-likeness (QED) is 0.857. The van der Waals surface area contributed by atoms with Crippen LogP contribution in [0, 0.1) is 0 Å². The van der Waals surface area contributed by atoms with E-state index in [-0.39, 0.29) is 5.91 Å². The molecule has 22 heavy (non-hydrogen) atoms. The predicted molar refractivity (Wildman–Crippen MR) is 89.2 cm³/mol. The first-order valence-corrected chi connectivity index (χ1v) is 8.82. The summed E-state index contributed by atoms with van der Waals surface area (Å²) >= 11 is 7.92. The summed E-state index contributed by atoms with van der Waals surface area (Å²) in [6, 6.07) is 7.47. The van der Waals surface area contributed by atoms with Gasteiger partial charge in [-0.1, -0.05) is 28.9 Å². The van der Waals surface area contributed by atoms with Crippen LogP contribution in [0.3, 0.4) is 0 Å². The number of aromatic nitrogens is 1. The number of carbonyl (C=O) groups excluding carboxylic acids is 1. The third kappa shape index (κ3) is 3.65. The van der Waals surface area contributed by atoms with Crippen LogP contribution in [0.15, 0.2) is 35.0 Å². The second-order valence-corrected chi connectivity index (χ2v) is 6.84. The highest BCUT2D eigenvalue weighted by Crippen LogP contribution is 2.27. The number of thioether (sulfide) groups is 1. The van der Waals surface area contributed by atoms with Crippen molar-refractivity contribution in [3.8, 4) is 11.3 Å². The van der Waals surface area contributed by atoms with Crippen molar-refractivity contribution in [1.82, 2.24) is 10.1 Å². The lowest BCUT2D eigenvalue weighted by atomic mass is 10.1. The van der Waals surface area contributed by atoms with Gasteiger partial charge in [-0.25, -0.2) is 0 Å². The van der Waals surface area contributed by atoms with Crippen LogP contribution < -0.4 is 0 Å². The van der Waals surface area contributed by atoms with Crippen molar-refractivity contribution >= 4 is 29.3 Å². The topological polar surface area (TPSA) is 46.3 Å². The van der Waals surface area contributed by atoms with E-state index in [0.717, 1.165) is 35.7 Å². The second kappa shape index (κ2) is 7.20. The summed E-state index contributed by atoms with van der Waals surface area (Å²) < 4.78 is 5.35. The highest BCUT2D eigenvalue weighted by atomic mass is 35.5. The van der Waals surface area contributed by atoms with E-state index in [1.54, 1.807) is 6.20 Å². The van der Waals surface area contributed by atoms with Crippen molar-refractivity contribution in [2.45, 2.75) is 12.8 Å². The number of carbonyl (C=O) groups is 1. The first-order chi connectivity index (χ1) is 10.7. The molecule has 1 aromatic heterocycles. The minimum atomic E-state index is 0.207. The van der Waals surface area contributed by atoms with Gasteiger partial charge >= 0.3 is 0 Å². The monoisotopic (exact) mass is 336 g/mol. The molecule has 1 aliphatic rings. The maximum absolute atomic E-state index is 12.2. The van der Waals surface area contributed by atoms with Crippen LogP contribution in [0.1, 0.15) is 12.0 Å². The fraction of sp³-hybridized carbons (Fsp3) is 0.375. The Morgan fingerprint density at radius 1 is 1.36 bits per heavy atom. The molecule has 2 aromatic rings. The zero-order chi connectivity index (χ0) is 15.4. The first-order valence-electron chi connectivity index (χ1n) is 7.29. The molecule has 0 bridgehead atoms. The fourth-order valence-electron chi connectivity index (χ4n) is 2.52. The van der Waals surface area contributed by atoms with Crippen LogP contribution >= 0.6 is 23.4 Å². The van der Waals surface area contributed by atoms with Gasteiger partial charge in [-0.3, -0.25) is 4.79 Å². The van der Waals surface area contributed by atoms with Gasteiger partial charge in [0.05, 0.1) is 6.20 Å². The van der Waals surface area contributed by atoms with Gasteiger partial charge in [0.25, 0.3) is 0 Å². The number of hydrogen-bond donors (Lipinski definition) is 0. The lowest BCUT2D eigenvalue weighted by Gasteiger charge is -2.26. The summed E-state index contributed by atoms with van der Waals surface area (Å²) in [5, 5.41) is 4.53. The van der Waals surface area contributed by atoms with E-state index in [1.165, 1.54) is 0 Å². The molecule has 1 amide bonds. The van der Waals surface area contributed by atoms with E-state index in [2.05, 4.69) is 5.16 Å². The molecular formula is C16H17ClN2O2S. The van der Waals surface area contributed by atoms with Gasteiger partial charge in [-0.2, -0.15) is 11.8 Å². The molecule has 1 aromatic carbocycles. The summed E-state index contributed by atoms with van der Waals surface area (Å²) in [5.74, 6) is 2.97. The van der Waals surface area contributed by atoms with Gasteiger partial charge in [-0.05, 0) is 18.6 Å². The van der Waals surface area contributed by atoms with Gasteiger partial charge in [0, 0.05) is 47.2 Å². The molecule has 1 fully saturated rings. The molecule has 1 aliphatic heterocycles. The SMILES string of the molecule is O=C(CCc1cnoc1-c1cccc(Cl)c1)N1CCSCC1. The molecule has 2 heterocycles. The minimum absolute atomic E-state index is 0.207. The lowest BCUT2D eigenvalue weighted by Crippen LogP contribution is -2.37. The van der Waals surface area contributed by atoms with E-state index >= 15 is 0 Å².